The maximum absolute atomic E-state index is 12.9. The van der Waals surface area contributed by atoms with Gasteiger partial charge in [-0.05, 0) is 34.1 Å². The molecule has 0 unspecified atom stereocenters. The first-order valence-electron chi connectivity index (χ1n) is 4.60. The minimum atomic E-state index is -3.77. The number of thiophene rings is 1. The molecule has 0 radical (unpaired) electrons. The molecule has 2 rings (SSSR count). The van der Waals surface area contributed by atoms with Crippen molar-refractivity contribution in [3.05, 3.63) is 45.8 Å². The third kappa shape index (κ3) is 2.88. The van der Waals surface area contributed by atoms with Gasteiger partial charge in [0.1, 0.15) is 4.21 Å². The van der Waals surface area contributed by atoms with E-state index in [4.69, 9.17) is 0 Å². The topological polar surface area (TPSA) is 46.2 Å². The predicted molar refractivity (Wildman–Crippen MR) is 69.2 cm³/mol. The second-order valence-corrected chi connectivity index (χ2v) is 7.05. The number of sulfonamides is 1. The van der Waals surface area contributed by atoms with E-state index in [0.29, 0.717) is 4.47 Å². The zero-order valence-corrected chi connectivity index (χ0v) is 11.9. The van der Waals surface area contributed by atoms with Crippen LogP contribution in [0.25, 0.3) is 0 Å². The van der Waals surface area contributed by atoms with Crippen molar-refractivity contribution in [3.8, 4) is 0 Å². The molecule has 0 saturated heterocycles. The number of hydrogen-bond donors (Lipinski definition) is 1. The van der Waals surface area contributed by atoms with E-state index >= 15 is 0 Å². The molecule has 0 spiro atoms. The van der Waals surface area contributed by atoms with Crippen LogP contribution in [0.3, 0.4) is 0 Å². The van der Waals surface area contributed by atoms with Gasteiger partial charge < -0.3 is 0 Å². The Morgan fingerprint density at radius 3 is 2.44 bits per heavy atom. The lowest BCUT2D eigenvalue weighted by Gasteiger charge is -2.06. The fourth-order valence-corrected chi connectivity index (χ4v) is 4.10. The first kappa shape index (κ1) is 13.4. The van der Waals surface area contributed by atoms with Crippen LogP contribution in [-0.4, -0.2) is 8.42 Å². The molecule has 0 fully saturated rings. The second-order valence-electron chi connectivity index (χ2n) is 3.32. The van der Waals surface area contributed by atoms with Crippen LogP contribution in [-0.2, 0) is 10.0 Å². The minimum absolute atomic E-state index is 0.0292. The number of halogens is 3. The molecule has 8 heteroatoms. The Morgan fingerprint density at radius 1 is 1.17 bits per heavy atom. The summed E-state index contributed by atoms with van der Waals surface area (Å²) in [6, 6.07) is 4.22. The molecular weight excluding hydrogens is 348 g/mol. The van der Waals surface area contributed by atoms with Gasteiger partial charge in [0, 0.05) is 15.9 Å². The van der Waals surface area contributed by atoms with Crippen LogP contribution in [0.4, 0.5) is 14.5 Å². The highest BCUT2D eigenvalue weighted by Gasteiger charge is 2.17. The third-order valence-electron chi connectivity index (χ3n) is 1.98. The van der Waals surface area contributed by atoms with Crippen LogP contribution in [0.5, 0.6) is 0 Å². The molecule has 3 nitrogen and oxygen atoms in total. The number of rotatable bonds is 3. The summed E-state index contributed by atoms with van der Waals surface area (Å²) in [5.74, 6) is -2.14. The molecule has 0 aliphatic carbocycles. The number of hydrogen-bond acceptors (Lipinski definition) is 3. The van der Waals surface area contributed by atoms with Gasteiger partial charge in [0.05, 0.1) is 5.69 Å². The average Bonchev–Trinajstić information content (AvgIpc) is 2.71. The van der Waals surface area contributed by atoms with E-state index in [-0.39, 0.29) is 9.90 Å². The quantitative estimate of drug-likeness (QED) is 0.916. The van der Waals surface area contributed by atoms with Crippen molar-refractivity contribution in [2.45, 2.75) is 4.21 Å². The lowest BCUT2D eigenvalue weighted by molar-refractivity contribution is 0.509. The zero-order chi connectivity index (χ0) is 13.3. The first-order valence-corrected chi connectivity index (χ1v) is 7.76. The van der Waals surface area contributed by atoms with E-state index < -0.39 is 21.7 Å². The highest BCUT2D eigenvalue weighted by Crippen LogP contribution is 2.26. The second kappa shape index (κ2) is 4.94. The van der Waals surface area contributed by atoms with Crippen LogP contribution >= 0.6 is 27.3 Å². The van der Waals surface area contributed by atoms with Crippen LogP contribution in [0, 0.1) is 11.6 Å². The monoisotopic (exact) mass is 353 g/mol. The molecule has 0 amide bonds. The van der Waals surface area contributed by atoms with Crippen LogP contribution < -0.4 is 4.72 Å². The van der Waals surface area contributed by atoms with Crippen molar-refractivity contribution in [3.63, 3.8) is 0 Å². The van der Waals surface area contributed by atoms with E-state index in [1.807, 2.05) is 0 Å². The molecule has 0 atom stereocenters. The Hall–Kier alpha value is -0.990. The molecule has 1 aromatic carbocycles. The number of nitrogens with one attached hydrogen (secondary N) is 1. The predicted octanol–water partition coefficient (Wildman–Crippen LogP) is 3.59. The van der Waals surface area contributed by atoms with Gasteiger partial charge in [-0.2, -0.15) is 0 Å². The Balaban J connectivity index is 2.30. The highest BCUT2D eigenvalue weighted by atomic mass is 79.9. The molecule has 0 bridgehead atoms. The summed E-state index contributed by atoms with van der Waals surface area (Å²) < 4.78 is 52.3. The molecule has 2 aromatic rings. The fourth-order valence-electron chi connectivity index (χ4n) is 1.20. The Morgan fingerprint density at radius 2 is 1.89 bits per heavy atom. The lowest BCUT2D eigenvalue weighted by Crippen LogP contribution is -2.11. The van der Waals surface area contributed by atoms with Gasteiger partial charge in [0.25, 0.3) is 10.0 Å². The third-order valence-corrected chi connectivity index (χ3v) is 5.56. The molecular formula is C10H6BrF2NO2S2. The van der Waals surface area contributed by atoms with Crippen molar-refractivity contribution in [1.82, 2.24) is 0 Å². The summed E-state index contributed by atoms with van der Waals surface area (Å²) in [5, 5.41) is 1.61. The van der Waals surface area contributed by atoms with Gasteiger partial charge >= 0.3 is 0 Å². The van der Waals surface area contributed by atoms with E-state index in [9.17, 15) is 17.2 Å². The Kier molecular flexibility index (Phi) is 3.69. The minimum Gasteiger partial charge on any atom is -0.279 e. The average molecular weight is 354 g/mol. The lowest BCUT2D eigenvalue weighted by atomic mass is 10.3. The summed E-state index contributed by atoms with van der Waals surface area (Å²) in [4.78, 5) is 0. The highest BCUT2D eigenvalue weighted by molar-refractivity contribution is 9.10. The van der Waals surface area contributed by atoms with Crippen molar-refractivity contribution in [1.29, 1.82) is 0 Å². The number of benzene rings is 1. The molecule has 0 aliphatic heterocycles. The standard InChI is InChI=1S/C10H6BrF2NO2S2/c11-6-3-10(17-5-6)18(15,16)14-7-1-2-8(12)9(13)4-7/h1-5,14H. The number of anilines is 1. The molecule has 0 aliphatic rings. The molecule has 1 heterocycles. The maximum atomic E-state index is 12.9. The summed E-state index contributed by atoms with van der Waals surface area (Å²) in [6.45, 7) is 0. The zero-order valence-electron chi connectivity index (χ0n) is 8.65. The Labute approximate surface area is 115 Å². The Bertz CT molecular complexity index is 685. The van der Waals surface area contributed by atoms with Crippen LogP contribution in [0.1, 0.15) is 0 Å². The molecule has 1 N–H and O–H groups in total. The van der Waals surface area contributed by atoms with Gasteiger partial charge in [-0.3, -0.25) is 4.72 Å². The van der Waals surface area contributed by atoms with Crippen molar-refractivity contribution >= 4 is 43.0 Å². The van der Waals surface area contributed by atoms with Crippen LogP contribution in [0.2, 0.25) is 0 Å². The smallest absolute Gasteiger partial charge is 0.271 e. The van der Waals surface area contributed by atoms with E-state index in [0.717, 1.165) is 29.5 Å². The van der Waals surface area contributed by atoms with E-state index in [1.54, 1.807) is 5.38 Å². The van der Waals surface area contributed by atoms with Crippen molar-refractivity contribution in [2.24, 2.45) is 0 Å². The maximum Gasteiger partial charge on any atom is 0.271 e. The van der Waals surface area contributed by atoms with Crippen molar-refractivity contribution < 1.29 is 17.2 Å². The van der Waals surface area contributed by atoms with Gasteiger partial charge in [-0.1, -0.05) is 0 Å². The van der Waals surface area contributed by atoms with Crippen molar-refractivity contribution in [2.75, 3.05) is 4.72 Å². The summed E-state index contributed by atoms with van der Waals surface area (Å²) in [7, 11) is -3.77. The molecule has 96 valence electrons. The fraction of sp³-hybridized carbons (Fsp3) is 0. The normalized spacial score (nSPS) is 11.5. The van der Waals surface area contributed by atoms with Crippen LogP contribution in [0.15, 0.2) is 38.3 Å². The van der Waals surface area contributed by atoms with Gasteiger partial charge in [0.15, 0.2) is 11.6 Å². The molecule has 18 heavy (non-hydrogen) atoms. The molecule has 0 saturated carbocycles. The summed E-state index contributed by atoms with van der Waals surface area (Å²) in [6.07, 6.45) is 0. The largest absolute Gasteiger partial charge is 0.279 e. The van der Waals surface area contributed by atoms with Gasteiger partial charge in [0.2, 0.25) is 0 Å². The van der Waals surface area contributed by atoms with E-state index in [2.05, 4.69) is 20.7 Å². The van der Waals surface area contributed by atoms with Gasteiger partial charge in [-0.15, -0.1) is 11.3 Å². The van der Waals surface area contributed by atoms with E-state index in [1.165, 1.54) is 6.07 Å². The first-order chi connectivity index (χ1) is 8.38. The van der Waals surface area contributed by atoms with Gasteiger partial charge in [-0.25, -0.2) is 17.2 Å². The summed E-state index contributed by atoms with van der Waals surface area (Å²) >= 11 is 4.16. The SMILES string of the molecule is O=S(=O)(Nc1ccc(F)c(F)c1)c1cc(Br)cs1. The molecule has 1 aromatic heterocycles. The summed E-state index contributed by atoms with van der Waals surface area (Å²) in [5.41, 5.74) is -0.0292.